The van der Waals surface area contributed by atoms with E-state index in [0.717, 1.165) is 22.2 Å². The molecule has 3 rings (SSSR count). The molecule has 0 bridgehead atoms. The van der Waals surface area contributed by atoms with Crippen molar-refractivity contribution in [2.45, 2.75) is 18.9 Å². The van der Waals surface area contributed by atoms with Crippen molar-refractivity contribution < 1.29 is 18.3 Å². The monoisotopic (exact) mass is 315 g/mol. The van der Waals surface area contributed by atoms with Gasteiger partial charge in [-0.15, -0.1) is 0 Å². The fourth-order valence-corrected chi connectivity index (χ4v) is 2.69. The van der Waals surface area contributed by atoms with Gasteiger partial charge in [0, 0.05) is 29.4 Å². The van der Waals surface area contributed by atoms with Crippen molar-refractivity contribution in [2.24, 2.45) is 0 Å². The van der Waals surface area contributed by atoms with Crippen molar-refractivity contribution in [3.63, 3.8) is 0 Å². The Labute approximate surface area is 131 Å². The number of aromatic amines is 1. The van der Waals surface area contributed by atoms with Gasteiger partial charge in [-0.25, -0.2) is 8.78 Å². The number of hydrogen-bond donors (Lipinski definition) is 1. The number of hydrogen-bond acceptors (Lipinski definition) is 2. The third-order valence-corrected chi connectivity index (χ3v) is 3.69. The lowest BCUT2D eigenvalue weighted by molar-refractivity contribution is -0.133. The van der Waals surface area contributed by atoms with Crippen LogP contribution in [0, 0.1) is 11.6 Å². The first-order valence-corrected chi connectivity index (χ1v) is 7.25. The number of rotatable bonds is 6. The molecule has 0 saturated heterocycles. The molecule has 0 saturated carbocycles. The number of carbonyl (C=O) groups is 1. The van der Waals surface area contributed by atoms with Gasteiger partial charge in [0.1, 0.15) is 17.7 Å². The molecule has 23 heavy (non-hydrogen) atoms. The molecule has 1 atom stereocenters. The third-order valence-electron chi connectivity index (χ3n) is 3.69. The van der Waals surface area contributed by atoms with E-state index >= 15 is 0 Å². The van der Waals surface area contributed by atoms with E-state index in [1.54, 1.807) is 18.2 Å². The summed E-state index contributed by atoms with van der Waals surface area (Å²) in [5.74, 6) is -0.628. The lowest BCUT2D eigenvalue weighted by atomic mass is 10.0. The number of ether oxygens (including phenoxy) is 1. The molecule has 118 valence electrons. The maximum atomic E-state index is 13.3. The molecular formula is C18H15F2NO2. The van der Waals surface area contributed by atoms with Crippen LogP contribution < -0.4 is 0 Å². The molecule has 0 spiro atoms. The molecule has 0 amide bonds. The normalized spacial score (nSPS) is 12.3. The van der Waals surface area contributed by atoms with E-state index in [-0.39, 0.29) is 11.6 Å². The smallest absolute Gasteiger partial charge is 0.293 e. The van der Waals surface area contributed by atoms with Gasteiger partial charge in [0.05, 0.1) is 0 Å². The minimum Gasteiger partial charge on any atom is -0.464 e. The molecule has 0 aliphatic carbocycles. The first-order chi connectivity index (χ1) is 11.1. The lowest BCUT2D eigenvalue weighted by Gasteiger charge is -2.14. The maximum Gasteiger partial charge on any atom is 0.293 e. The van der Waals surface area contributed by atoms with Gasteiger partial charge in [0.2, 0.25) is 0 Å². The molecule has 2 aromatic carbocycles. The molecule has 1 heterocycles. The minimum absolute atomic E-state index is 0.302. The van der Waals surface area contributed by atoms with Gasteiger partial charge in [-0.05, 0) is 42.0 Å². The summed E-state index contributed by atoms with van der Waals surface area (Å²) in [6, 6.07) is 12.5. The van der Waals surface area contributed by atoms with Crippen LogP contribution in [0.25, 0.3) is 10.9 Å². The third kappa shape index (κ3) is 3.74. The van der Waals surface area contributed by atoms with Gasteiger partial charge >= 0.3 is 0 Å². The summed E-state index contributed by atoms with van der Waals surface area (Å²) in [6.45, 7) is 0.395. The van der Waals surface area contributed by atoms with Crippen LogP contribution in [0.4, 0.5) is 8.78 Å². The zero-order chi connectivity index (χ0) is 16.2. The molecule has 0 radical (unpaired) electrons. The van der Waals surface area contributed by atoms with Crippen molar-refractivity contribution in [1.82, 2.24) is 4.98 Å². The van der Waals surface area contributed by atoms with Crippen molar-refractivity contribution in [3.8, 4) is 0 Å². The number of fused-ring (bicyclic) bond motifs is 1. The van der Waals surface area contributed by atoms with E-state index in [0.29, 0.717) is 19.3 Å². The molecule has 1 aromatic heterocycles. The van der Waals surface area contributed by atoms with Crippen LogP contribution >= 0.6 is 0 Å². The number of carbonyl (C=O) groups excluding carboxylic acids is 1. The summed E-state index contributed by atoms with van der Waals surface area (Å²) in [5.41, 5.74) is 2.39. The highest BCUT2D eigenvalue weighted by Crippen LogP contribution is 2.19. The second kappa shape index (κ2) is 6.60. The molecule has 0 aliphatic heterocycles. The molecule has 3 aromatic rings. The van der Waals surface area contributed by atoms with Crippen LogP contribution in [0.3, 0.4) is 0 Å². The number of benzene rings is 2. The van der Waals surface area contributed by atoms with E-state index in [9.17, 15) is 13.6 Å². The summed E-state index contributed by atoms with van der Waals surface area (Å²) in [6.07, 6.45) is 0.415. The van der Waals surface area contributed by atoms with Crippen LogP contribution in [0.5, 0.6) is 0 Å². The lowest BCUT2D eigenvalue weighted by Crippen LogP contribution is -2.19. The molecule has 0 fully saturated rings. The fourth-order valence-electron chi connectivity index (χ4n) is 2.69. The van der Waals surface area contributed by atoms with Gasteiger partial charge in [-0.3, -0.25) is 4.79 Å². The number of H-pyrrole nitrogens is 1. The highest BCUT2D eigenvalue weighted by molar-refractivity contribution is 5.80. The largest absolute Gasteiger partial charge is 0.464 e. The predicted molar refractivity (Wildman–Crippen MR) is 83.0 cm³/mol. The van der Waals surface area contributed by atoms with Gasteiger partial charge in [0.15, 0.2) is 0 Å². The second-order valence-corrected chi connectivity index (χ2v) is 5.42. The summed E-state index contributed by atoms with van der Waals surface area (Å²) in [7, 11) is 0. The second-order valence-electron chi connectivity index (χ2n) is 5.42. The topological polar surface area (TPSA) is 42.1 Å². The molecule has 1 unspecified atom stereocenters. The standard InChI is InChI=1S/C18H15F2NO2/c19-14-3-1-2-12(6-14)7-17(23-11-22)10-16-9-13-8-15(20)4-5-18(13)21-16/h1-6,8-9,11,17,21H,7,10H2. The van der Waals surface area contributed by atoms with Crippen molar-refractivity contribution >= 4 is 17.4 Å². The first kappa shape index (κ1) is 15.2. The molecule has 5 heteroatoms. The Hall–Kier alpha value is -2.69. The van der Waals surface area contributed by atoms with E-state index in [1.807, 2.05) is 6.07 Å². The van der Waals surface area contributed by atoms with E-state index in [4.69, 9.17) is 4.74 Å². The highest BCUT2D eigenvalue weighted by atomic mass is 19.1. The van der Waals surface area contributed by atoms with E-state index in [1.165, 1.54) is 24.3 Å². The Bertz CT molecular complexity index is 829. The highest BCUT2D eigenvalue weighted by Gasteiger charge is 2.14. The van der Waals surface area contributed by atoms with Crippen LogP contribution in [0.1, 0.15) is 11.3 Å². The van der Waals surface area contributed by atoms with E-state index < -0.39 is 6.10 Å². The zero-order valence-corrected chi connectivity index (χ0v) is 12.3. The summed E-state index contributed by atoms with van der Waals surface area (Å²) < 4.78 is 31.6. The number of halogens is 2. The van der Waals surface area contributed by atoms with Crippen molar-refractivity contribution in [1.29, 1.82) is 0 Å². The van der Waals surface area contributed by atoms with Crippen molar-refractivity contribution in [2.75, 3.05) is 0 Å². The minimum atomic E-state index is -0.424. The summed E-state index contributed by atoms with van der Waals surface area (Å²) in [5, 5.41) is 0.760. The average Bonchev–Trinajstić information content (AvgIpc) is 2.88. The maximum absolute atomic E-state index is 13.3. The molecular weight excluding hydrogens is 300 g/mol. The Morgan fingerprint density at radius 1 is 1.04 bits per heavy atom. The quantitative estimate of drug-likeness (QED) is 0.704. The average molecular weight is 315 g/mol. The molecule has 0 aliphatic rings. The summed E-state index contributed by atoms with van der Waals surface area (Å²) >= 11 is 0. The predicted octanol–water partition coefficient (Wildman–Crippen LogP) is 3.77. The van der Waals surface area contributed by atoms with Crippen LogP contribution in [0.2, 0.25) is 0 Å². The fraction of sp³-hybridized carbons (Fsp3) is 0.167. The van der Waals surface area contributed by atoms with Crippen LogP contribution in [0.15, 0.2) is 48.5 Å². The number of nitrogens with one attached hydrogen (secondary N) is 1. The Balaban J connectivity index is 1.78. The van der Waals surface area contributed by atoms with Gasteiger partial charge in [-0.1, -0.05) is 12.1 Å². The zero-order valence-electron chi connectivity index (χ0n) is 12.3. The summed E-state index contributed by atoms with van der Waals surface area (Å²) in [4.78, 5) is 13.9. The van der Waals surface area contributed by atoms with Crippen molar-refractivity contribution in [3.05, 3.63) is 71.4 Å². The van der Waals surface area contributed by atoms with E-state index in [2.05, 4.69) is 4.98 Å². The van der Waals surface area contributed by atoms with Gasteiger partial charge in [-0.2, -0.15) is 0 Å². The van der Waals surface area contributed by atoms with Gasteiger partial charge < -0.3 is 9.72 Å². The van der Waals surface area contributed by atoms with Crippen LogP contribution in [-0.4, -0.2) is 17.6 Å². The molecule has 1 N–H and O–H groups in total. The Kier molecular flexibility index (Phi) is 4.37. The van der Waals surface area contributed by atoms with Gasteiger partial charge in [0.25, 0.3) is 6.47 Å². The Morgan fingerprint density at radius 3 is 2.65 bits per heavy atom. The van der Waals surface area contributed by atoms with Crippen LogP contribution in [-0.2, 0) is 22.4 Å². The Morgan fingerprint density at radius 2 is 1.87 bits per heavy atom. The molecule has 3 nitrogen and oxygen atoms in total. The number of aromatic nitrogens is 1. The first-order valence-electron chi connectivity index (χ1n) is 7.25. The SMILES string of the molecule is O=COC(Cc1cccc(F)c1)Cc1cc2cc(F)ccc2[nH]1.